The maximum Gasteiger partial charge on any atom is 0.159 e. The first-order valence-corrected chi connectivity index (χ1v) is 7.84. The average molecular weight is 339 g/mol. The molecular formula is C16H23BrN2O. The molecule has 0 atom stereocenters. The second-order valence-electron chi connectivity index (χ2n) is 6.05. The Labute approximate surface area is 130 Å². The Kier molecular flexibility index (Phi) is 4.55. The van der Waals surface area contributed by atoms with Crippen LogP contribution in [0.4, 0.5) is 5.69 Å². The summed E-state index contributed by atoms with van der Waals surface area (Å²) in [6.45, 7) is 2.61. The molecule has 0 bridgehead atoms. The number of Topliss-reactive ketones (excluding diaryl/α,β-unsaturated/α-hetero) is 1. The largest absolute Gasteiger partial charge is 0.372 e. The van der Waals surface area contributed by atoms with E-state index in [-0.39, 0.29) is 5.78 Å². The molecule has 2 rings (SSSR count). The third kappa shape index (κ3) is 2.91. The number of halogens is 1. The monoisotopic (exact) mass is 338 g/mol. The van der Waals surface area contributed by atoms with E-state index in [0.29, 0.717) is 5.54 Å². The molecule has 0 saturated heterocycles. The van der Waals surface area contributed by atoms with Crippen LogP contribution in [0.1, 0.15) is 36.5 Å². The summed E-state index contributed by atoms with van der Waals surface area (Å²) in [6, 6.07) is 5.85. The quantitative estimate of drug-likeness (QED) is 0.766. The van der Waals surface area contributed by atoms with Gasteiger partial charge in [0.15, 0.2) is 5.78 Å². The van der Waals surface area contributed by atoms with Crippen molar-refractivity contribution in [3.05, 3.63) is 28.2 Å². The Hall–Kier alpha value is -0.870. The van der Waals surface area contributed by atoms with Crippen LogP contribution in [0.5, 0.6) is 0 Å². The summed E-state index contributed by atoms with van der Waals surface area (Å²) in [7, 11) is 6.46. The van der Waals surface area contributed by atoms with Crippen molar-refractivity contribution in [2.24, 2.45) is 0 Å². The fraction of sp³-hybridized carbons (Fsp3) is 0.562. The molecule has 0 aliphatic heterocycles. The number of benzene rings is 1. The topological polar surface area (TPSA) is 23.6 Å². The first kappa shape index (κ1) is 15.5. The Bertz CT molecular complexity index is 509. The van der Waals surface area contributed by atoms with Gasteiger partial charge in [0, 0.05) is 29.2 Å². The molecular weight excluding hydrogens is 316 g/mol. The van der Waals surface area contributed by atoms with Crippen molar-refractivity contribution in [3.63, 3.8) is 0 Å². The summed E-state index contributed by atoms with van der Waals surface area (Å²) in [5, 5.41) is 0. The van der Waals surface area contributed by atoms with Crippen molar-refractivity contribution in [1.82, 2.24) is 4.90 Å². The molecule has 1 aliphatic carbocycles. The highest BCUT2D eigenvalue weighted by atomic mass is 79.9. The van der Waals surface area contributed by atoms with Gasteiger partial charge in [-0.15, -0.1) is 0 Å². The highest BCUT2D eigenvalue weighted by molar-refractivity contribution is 9.10. The number of nitrogens with zero attached hydrogens (tertiary/aromatic N) is 2. The molecule has 1 aliphatic rings. The number of ketones is 1. The third-order valence-electron chi connectivity index (χ3n) is 4.53. The molecule has 0 aromatic heterocycles. The van der Waals surface area contributed by atoms with Gasteiger partial charge >= 0.3 is 0 Å². The van der Waals surface area contributed by atoms with Crippen LogP contribution in [-0.4, -0.2) is 43.9 Å². The summed E-state index contributed by atoms with van der Waals surface area (Å²) in [5.74, 6) is 0.101. The molecule has 0 radical (unpaired) electrons. The standard InChI is InChI=1S/C16H23BrN2O/c1-12(20)13-6-7-15(14(17)10-13)19(4)11-16(18(2)3)8-5-9-16/h6-7,10H,5,8-9,11H2,1-4H3. The fourth-order valence-electron chi connectivity index (χ4n) is 2.89. The average Bonchev–Trinajstić information content (AvgIpc) is 2.32. The molecule has 1 aromatic rings. The molecule has 20 heavy (non-hydrogen) atoms. The number of carbonyl (C=O) groups is 1. The van der Waals surface area contributed by atoms with Crippen molar-refractivity contribution in [2.45, 2.75) is 31.7 Å². The first-order chi connectivity index (χ1) is 9.35. The van der Waals surface area contributed by atoms with Gasteiger partial charge in [-0.3, -0.25) is 4.79 Å². The van der Waals surface area contributed by atoms with Crippen LogP contribution in [0.2, 0.25) is 0 Å². The second-order valence-corrected chi connectivity index (χ2v) is 6.91. The molecule has 0 unspecified atom stereocenters. The van der Waals surface area contributed by atoms with E-state index in [1.54, 1.807) is 6.92 Å². The Morgan fingerprint density at radius 3 is 2.35 bits per heavy atom. The molecule has 0 N–H and O–H groups in total. The van der Waals surface area contributed by atoms with Crippen molar-refractivity contribution in [3.8, 4) is 0 Å². The lowest BCUT2D eigenvalue weighted by atomic mass is 9.75. The molecule has 4 heteroatoms. The number of rotatable bonds is 5. The predicted octanol–water partition coefficient (Wildman–Crippen LogP) is 3.57. The Morgan fingerprint density at radius 1 is 1.30 bits per heavy atom. The minimum Gasteiger partial charge on any atom is -0.372 e. The van der Waals surface area contributed by atoms with Gasteiger partial charge in [0.2, 0.25) is 0 Å². The van der Waals surface area contributed by atoms with E-state index < -0.39 is 0 Å². The van der Waals surface area contributed by atoms with Crippen molar-refractivity contribution >= 4 is 27.4 Å². The van der Waals surface area contributed by atoms with Gasteiger partial charge in [-0.25, -0.2) is 0 Å². The number of likely N-dealkylation sites (N-methyl/N-ethyl adjacent to an activating group) is 2. The minimum absolute atomic E-state index is 0.101. The Balaban J connectivity index is 2.17. The van der Waals surface area contributed by atoms with Crippen molar-refractivity contribution < 1.29 is 4.79 Å². The summed E-state index contributed by atoms with van der Waals surface area (Å²) in [4.78, 5) is 16.0. The number of anilines is 1. The van der Waals surface area contributed by atoms with E-state index in [4.69, 9.17) is 0 Å². The van der Waals surface area contributed by atoms with E-state index >= 15 is 0 Å². The zero-order valence-corrected chi connectivity index (χ0v) is 14.3. The first-order valence-electron chi connectivity index (χ1n) is 7.05. The van der Waals surface area contributed by atoms with Crippen LogP contribution >= 0.6 is 15.9 Å². The molecule has 1 saturated carbocycles. The van der Waals surface area contributed by atoms with Gasteiger partial charge in [0.05, 0.1) is 5.69 Å². The molecule has 0 amide bonds. The molecule has 0 spiro atoms. The van der Waals surface area contributed by atoms with Gasteiger partial charge in [-0.2, -0.15) is 0 Å². The molecule has 0 heterocycles. The second kappa shape index (κ2) is 5.86. The lowest BCUT2D eigenvalue weighted by Crippen LogP contribution is -2.56. The molecule has 110 valence electrons. The zero-order valence-electron chi connectivity index (χ0n) is 12.7. The van der Waals surface area contributed by atoms with Gasteiger partial charge < -0.3 is 9.80 Å². The molecule has 1 aromatic carbocycles. The van der Waals surface area contributed by atoms with Gasteiger partial charge in [0.25, 0.3) is 0 Å². The SMILES string of the molecule is CC(=O)c1ccc(N(C)CC2(N(C)C)CCC2)c(Br)c1. The summed E-state index contributed by atoms with van der Waals surface area (Å²) >= 11 is 3.59. The van der Waals surface area contributed by atoms with Gasteiger partial charge in [-0.05, 0) is 74.4 Å². The highest BCUT2D eigenvalue weighted by Crippen LogP contribution is 2.38. The maximum absolute atomic E-state index is 11.4. The summed E-state index contributed by atoms with van der Waals surface area (Å²) in [5.41, 5.74) is 2.19. The van der Waals surface area contributed by atoms with Gasteiger partial charge in [0.1, 0.15) is 0 Å². The molecule has 1 fully saturated rings. The van der Waals surface area contributed by atoms with Crippen molar-refractivity contribution in [1.29, 1.82) is 0 Å². The van der Waals surface area contributed by atoms with E-state index in [2.05, 4.69) is 46.9 Å². The fourth-order valence-corrected chi connectivity index (χ4v) is 3.58. The number of hydrogen-bond donors (Lipinski definition) is 0. The van der Waals surface area contributed by atoms with Crippen LogP contribution in [-0.2, 0) is 0 Å². The lowest BCUT2D eigenvalue weighted by Gasteiger charge is -2.49. The predicted molar refractivity (Wildman–Crippen MR) is 87.7 cm³/mol. The van der Waals surface area contributed by atoms with Crippen LogP contribution in [0.25, 0.3) is 0 Å². The van der Waals surface area contributed by atoms with Crippen molar-refractivity contribution in [2.75, 3.05) is 32.6 Å². The van der Waals surface area contributed by atoms with Gasteiger partial charge in [-0.1, -0.05) is 0 Å². The normalized spacial score (nSPS) is 16.9. The number of hydrogen-bond acceptors (Lipinski definition) is 3. The highest BCUT2D eigenvalue weighted by Gasteiger charge is 2.40. The number of carbonyl (C=O) groups excluding carboxylic acids is 1. The van der Waals surface area contributed by atoms with Crippen LogP contribution < -0.4 is 4.90 Å². The zero-order chi connectivity index (χ0) is 14.9. The van der Waals surface area contributed by atoms with Crippen LogP contribution in [0.3, 0.4) is 0 Å². The minimum atomic E-state index is 0.101. The smallest absolute Gasteiger partial charge is 0.159 e. The summed E-state index contributed by atoms with van der Waals surface area (Å²) in [6.07, 6.45) is 3.83. The van der Waals surface area contributed by atoms with Crippen LogP contribution in [0.15, 0.2) is 22.7 Å². The summed E-state index contributed by atoms with van der Waals surface area (Å²) < 4.78 is 0.987. The van der Waals surface area contributed by atoms with E-state index in [1.807, 2.05) is 18.2 Å². The van der Waals surface area contributed by atoms with Crippen LogP contribution in [0, 0.1) is 0 Å². The Morgan fingerprint density at radius 2 is 1.95 bits per heavy atom. The van der Waals surface area contributed by atoms with E-state index in [9.17, 15) is 4.79 Å². The van der Waals surface area contributed by atoms with E-state index in [1.165, 1.54) is 19.3 Å². The third-order valence-corrected chi connectivity index (χ3v) is 5.17. The maximum atomic E-state index is 11.4. The van der Waals surface area contributed by atoms with E-state index in [0.717, 1.165) is 22.3 Å². The lowest BCUT2D eigenvalue weighted by molar-refractivity contribution is 0.0683. The molecule has 3 nitrogen and oxygen atoms in total.